The van der Waals surface area contributed by atoms with Crippen molar-refractivity contribution in [3.63, 3.8) is 0 Å². The van der Waals surface area contributed by atoms with Gasteiger partial charge in [-0.3, -0.25) is 9.59 Å². The van der Waals surface area contributed by atoms with Crippen LogP contribution in [0.25, 0.3) is 0 Å². The zero-order chi connectivity index (χ0) is 24.6. The van der Waals surface area contributed by atoms with Crippen LogP contribution in [-0.4, -0.2) is 76.6 Å². The van der Waals surface area contributed by atoms with Crippen molar-refractivity contribution in [3.05, 3.63) is 75.6 Å². The summed E-state index contributed by atoms with van der Waals surface area (Å²) >= 11 is 0. The van der Waals surface area contributed by atoms with E-state index >= 15 is 0 Å². The van der Waals surface area contributed by atoms with Crippen LogP contribution in [0.1, 0.15) is 55.2 Å². The summed E-state index contributed by atoms with van der Waals surface area (Å²) in [5.74, 6) is 0.458. The Morgan fingerprint density at radius 1 is 0.941 bits per heavy atom. The van der Waals surface area contributed by atoms with Crippen LogP contribution >= 0.6 is 0 Å². The maximum atomic E-state index is 12.7. The van der Waals surface area contributed by atoms with Gasteiger partial charge in [-0.05, 0) is 77.5 Å². The molecule has 0 aliphatic heterocycles. The third kappa shape index (κ3) is 3.86. The number of aromatic nitrogens is 4. The summed E-state index contributed by atoms with van der Waals surface area (Å²) in [4.78, 5) is 30.0. The Bertz CT molecular complexity index is 1170. The van der Waals surface area contributed by atoms with Crippen LogP contribution in [-0.2, 0) is 25.3 Å². The smallest absolute Gasteiger partial charge is 0.253 e. The standard InChI is InChI=1S/C25H31N7O2/c1-30(2)22(33)18-8-10-20-16(14-18)6-7-17-15-19(23(34)31(3)4)9-11-21(17)25(20,12-13-26)24-27-29-32(5)28-24/h8-11,14-15H,6-7,12-13,26H2,1-5H3. The number of aryl methyl sites for hydroxylation is 3. The van der Waals surface area contributed by atoms with Gasteiger partial charge >= 0.3 is 0 Å². The van der Waals surface area contributed by atoms with Gasteiger partial charge in [-0.25, -0.2) is 0 Å². The Morgan fingerprint density at radius 2 is 1.44 bits per heavy atom. The van der Waals surface area contributed by atoms with Crippen LogP contribution in [0.5, 0.6) is 0 Å². The van der Waals surface area contributed by atoms with E-state index in [1.54, 1.807) is 45.0 Å². The summed E-state index contributed by atoms with van der Waals surface area (Å²) in [5.41, 5.74) is 10.8. The van der Waals surface area contributed by atoms with Gasteiger partial charge in [-0.1, -0.05) is 12.1 Å². The lowest BCUT2D eigenvalue weighted by molar-refractivity contribution is 0.0820. The normalized spacial score (nSPS) is 14.1. The van der Waals surface area contributed by atoms with Crippen LogP contribution in [0.3, 0.4) is 0 Å². The molecule has 178 valence electrons. The summed E-state index contributed by atoms with van der Waals surface area (Å²) < 4.78 is 0. The zero-order valence-corrected chi connectivity index (χ0v) is 20.4. The molecule has 2 aromatic carbocycles. The van der Waals surface area contributed by atoms with Gasteiger partial charge in [0.25, 0.3) is 11.8 Å². The van der Waals surface area contributed by atoms with E-state index in [2.05, 4.69) is 15.4 Å². The maximum Gasteiger partial charge on any atom is 0.253 e. The maximum absolute atomic E-state index is 12.7. The van der Waals surface area contributed by atoms with Crippen molar-refractivity contribution < 1.29 is 9.59 Å². The highest BCUT2D eigenvalue weighted by atomic mass is 16.2. The minimum absolute atomic E-state index is 0.0505. The van der Waals surface area contributed by atoms with Crippen molar-refractivity contribution in [2.75, 3.05) is 34.7 Å². The predicted molar refractivity (Wildman–Crippen MR) is 129 cm³/mol. The Hall–Kier alpha value is -3.59. The second-order valence-corrected chi connectivity index (χ2v) is 9.19. The topological polar surface area (TPSA) is 110 Å². The molecule has 4 rings (SSSR count). The number of benzene rings is 2. The first-order valence-corrected chi connectivity index (χ1v) is 11.3. The lowest BCUT2D eigenvalue weighted by atomic mass is 9.69. The van der Waals surface area contributed by atoms with E-state index in [0.717, 1.165) is 22.3 Å². The third-order valence-electron chi connectivity index (χ3n) is 6.51. The van der Waals surface area contributed by atoms with Crippen LogP contribution in [0.15, 0.2) is 36.4 Å². The molecule has 0 saturated carbocycles. The van der Waals surface area contributed by atoms with E-state index in [0.29, 0.717) is 42.8 Å². The number of fused-ring (bicyclic) bond motifs is 2. The van der Waals surface area contributed by atoms with Gasteiger partial charge in [0.2, 0.25) is 0 Å². The minimum atomic E-state index is -0.746. The van der Waals surface area contributed by atoms with Crippen molar-refractivity contribution in [2.24, 2.45) is 12.8 Å². The first-order chi connectivity index (χ1) is 16.2. The molecule has 9 heteroatoms. The molecule has 1 heterocycles. The van der Waals surface area contributed by atoms with Crippen LogP contribution in [0, 0.1) is 0 Å². The van der Waals surface area contributed by atoms with Gasteiger partial charge in [0.1, 0.15) is 0 Å². The Labute approximate surface area is 199 Å². The molecule has 3 aromatic rings. The average Bonchev–Trinajstić information content (AvgIpc) is 3.21. The van der Waals surface area contributed by atoms with Crippen molar-refractivity contribution in [3.8, 4) is 0 Å². The number of hydrogen-bond acceptors (Lipinski definition) is 6. The first kappa shape index (κ1) is 23.6. The second kappa shape index (κ2) is 8.98. The molecule has 0 unspecified atom stereocenters. The molecule has 1 aliphatic carbocycles. The Kier molecular flexibility index (Phi) is 6.22. The van der Waals surface area contributed by atoms with Crippen molar-refractivity contribution in [2.45, 2.75) is 24.7 Å². The van der Waals surface area contributed by atoms with Crippen LogP contribution < -0.4 is 5.73 Å². The molecular formula is C25H31N7O2. The minimum Gasteiger partial charge on any atom is -0.345 e. The van der Waals surface area contributed by atoms with Gasteiger partial charge in [-0.15, -0.1) is 10.2 Å². The van der Waals surface area contributed by atoms with E-state index in [1.807, 2.05) is 36.4 Å². The van der Waals surface area contributed by atoms with Crippen molar-refractivity contribution in [1.82, 2.24) is 30.0 Å². The molecule has 1 aromatic heterocycles. The molecule has 2 amide bonds. The summed E-state index contributed by atoms with van der Waals surface area (Å²) in [6, 6.07) is 11.7. The third-order valence-corrected chi connectivity index (χ3v) is 6.51. The summed E-state index contributed by atoms with van der Waals surface area (Å²) in [5, 5.41) is 13.2. The highest BCUT2D eigenvalue weighted by Crippen LogP contribution is 2.46. The van der Waals surface area contributed by atoms with Gasteiger partial charge < -0.3 is 15.5 Å². The Morgan fingerprint density at radius 3 is 1.82 bits per heavy atom. The van der Waals surface area contributed by atoms with E-state index in [4.69, 9.17) is 5.73 Å². The van der Waals surface area contributed by atoms with E-state index in [1.165, 1.54) is 4.80 Å². The largest absolute Gasteiger partial charge is 0.345 e. The molecule has 0 atom stereocenters. The monoisotopic (exact) mass is 461 g/mol. The number of nitrogens with zero attached hydrogens (tertiary/aromatic N) is 6. The molecule has 9 nitrogen and oxygen atoms in total. The number of carbonyl (C=O) groups excluding carboxylic acids is 2. The SMILES string of the molecule is CN(C)C(=O)c1ccc2c(c1)CCc1cc(C(=O)N(C)C)ccc1C2(CCN)c1nnn(C)n1. The predicted octanol–water partition coefficient (Wildman–Crippen LogP) is 1.40. The van der Waals surface area contributed by atoms with Gasteiger partial charge in [0.05, 0.1) is 12.5 Å². The number of rotatable bonds is 5. The molecule has 0 spiro atoms. The van der Waals surface area contributed by atoms with Crippen LogP contribution in [0.2, 0.25) is 0 Å². The lowest BCUT2D eigenvalue weighted by Gasteiger charge is -2.34. The number of carbonyl (C=O) groups is 2. The highest BCUT2D eigenvalue weighted by molar-refractivity contribution is 5.95. The molecule has 1 aliphatic rings. The molecule has 34 heavy (non-hydrogen) atoms. The summed E-state index contributed by atoms with van der Waals surface area (Å²) in [7, 11) is 8.72. The quantitative estimate of drug-likeness (QED) is 0.615. The fraction of sp³-hybridized carbons (Fsp3) is 0.400. The van der Waals surface area contributed by atoms with Crippen molar-refractivity contribution in [1.29, 1.82) is 0 Å². The van der Waals surface area contributed by atoms with Gasteiger partial charge in [0, 0.05) is 39.3 Å². The fourth-order valence-corrected chi connectivity index (χ4v) is 4.92. The molecule has 0 fully saturated rings. The molecule has 0 radical (unpaired) electrons. The second-order valence-electron chi connectivity index (χ2n) is 9.19. The summed E-state index contributed by atoms with van der Waals surface area (Å²) in [6.07, 6.45) is 1.98. The first-order valence-electron chi connectivity index (χ1n) is 11.3. The molecule has 2 N–H and O–H groups in total. The lowest BCUT2D eigenvalue weighted by Crippen LogP contribution is -2.35. The number of amides is 2. The van der Waals surface area contributed by atoms with Gasteiger partial charge in [0.15, 0.2) is 5.82 Å². The van der Waals surface area contributed by atoms with E-state index in [-0.39, 0.29) is 11.8 Å². The number of nitrogens with two attached hydrogens (primary N) is 1. The van der Waals surface area contributed by atoms with Crippen LogP contribution in [0.4, 0.5) is 0 Å². The average molecular weight is 462 g/mol. The number of tetrazole rings is 1. The number of hydrogen-bond donors (Lipinski definition) is 1. The Balaban J connectivity index is 2.00. The summed E-state index contributed by atoms with van der Waals surface area (Å²) in [6.45, 7) is 0.397. The molecule has 0 bridgehead atoms. The van der Waals surface area contributed by atoms with E-state index < -0.39 is 5.41 Å². The molecule has 0 saturated heterocycles. The van der Waals surface area contributed by atoms with Crippen molar-refractivity contribution >= 4 is 11.8 Å². The zero-order valence-electron chi connectivity index (χ0n) is 20.4. The van der Waals surface area contributed by atoms with Gasteiger partial charge in [-0.2, -0.15) is 4.80 Å². The highest BCUT2D eigenvalue weighted by Gasteiger charge is 2.44. The molecular weight excluding hydrogens is 430 g/mol. The van der Waals surface area contributed by atoms with E-state index in [9.17, 15) is 9.59 Å². The fourth-order valence-electron chi connectivity index (χ4n) is 4.92.